The smallest absolute Gasteiger partial charge is 0.410 e. The number of hydrogen-bond acceptors (Lipinski definition) is 13. The third-order valence-corrected chi connectivity index (χ3v) is 9.73. The largest absolute Gasteiger partial charge is 0.507 e. The summed E-state index contributed by atoms with van der Waals surface area (Å²) in [4.78, 5) is 83.5. The van der Waals surface area contributed by atoms with Crippen molar-refractivity contribution in [3.8, 4) is 5.75 Å². The molecular formula is C34H48N4O11. The van der Waals surface area contributed by atoms with E-state index in [2.05, 4.69) is 0 Å². The topological polar surface area (TPSA) is 217 Å². The molecule has 3 unspecified atom stereocenters. The molecule has 3 aliphatic carbocycles. The fourth-order valence-electron chi connectivity index (χ4n) is 7.81. The lowest BCUT2D eigenvalue weighted by Gasteiger charge is -2.55. The van der Waals surface area contributed by atoms with Crippen LogP contribution in [0, 0.1) is 29.1 Å². The van der Waals surface area contributed by atoms with Crippen molar-refractivity contribution in [3.05, 3.63) is 22.8 Å². The number of phenols is 1. The van der Waals surface area contributed by atoms with E-state index in [0.29, 0.717) is 11.3 Å². The van der Waals surface area contributed by atoms with E-state index in [4.69, 9.17) is 15.2 Å². The molecule has 0 radical (unpaired) electrons. The van der Waals surface area contributed by atoms with Crippen LogP contribution in [0.4, 0.5) is 10.5 Å². The molecule has 5 N–H and O–H groups in total. The Hall–Kier alpha value is -4.08. The van der Waals surface area contributed by atoms with Crippen molar-refractivity contribution in [1.82, 2.24) is 9.80 Å². The molecule has 270 valence electrons. The number of benzene rings is 1. The molecule has 3 aliphatic rings. The van der Waals surface area contributed by atoms with Crippen molar-refractivity contribution < 1.29 is 53.6 Å². The van der Waals surface area contributed by atoms with Crippen LogP contribution in [-0.2, 0) is 41.6 Å². The van der Waals surface area contributed by atoms with Crippen LogP contribution in [0.1, 0.15) is 55.6 Å². The van der Waals surface area contributed by atoms with Gasteiger partial charge in [-0.25, -0.2) is 4.79 Å². The van der Waals surface area contributed by atoms with Crippen molar-refractivity contribution in [2.24, 2.45) is 34.8 Å². The molecular weight excluding hydrogens is 640 g/mol. The quantitative estimate of drug-likeness (QED) is 0.156. The van der Waals surface area contributed by atoms with E-state index in [9.17, 15) is 44.1 Å². The first-order valence-corrected chi connectivity index (χ1v) is 16.2. The van der Waals surface area contributed by atoms with Crippen LogP contribution in [-0.4, -0.2) is 126 Å². The number of phenolic OH excluding ortho intramolecular Hbond substituents is 1. The summed E-state index contributed by atoms with van der Waals surface area (Å²) in [6, 6.07) is 0.659. The van der Waals surface area contributed by atoms with E-state index in [-0.39, 0.29) is 50.3 Å². The molecule has 2 saturated carbocycles. The number of ketones is 3. The van der Waals surface area contributed by atoms with Gasteiger partial charge < -0.3 is 45.2 Å². The minimum atomic E-state index is -2.78. The number of anilines is 1. The molecule has 0 bridgehead atoms. The molecule has 0 saturated heterocycles. The maximum Gasteiger partial charge on any atom is 0.410 e. The summed E-state index contributed by atoms with van der Waals surface area (Å²) in [7, 11) is 6.66. The number of carbonyl (C=O) groups is 6. The summed E-state index contributed by atoms with van der Waals surface area (Å²) in [5.74, 6) is -10.6. The molecule has 2 fully saturated rings. The number of likely N-dealkylation sites (N-methyl/N-ethyl adjacent to an activating group) is 1. The normalized spacial score (nSPS) is 27.9. The number of aliphatic hydroxyl groups excluding tert-OH is 1. The van der Waals surface area contributed by atoms with Gasteiger partial charge in [0.05, 0.1) is 24.1 Å². The van der Waals surface area contributed by atoms with Crippen molar-refractivity contribution in [2.45, 2.75) is 64.8 Å². The summed E-state index contributed by atoms with van der Waals surface area (Å²) in [5.41, 5.74) is 3.31. The lowest BCUT2D eigenvalue weighted by molar-refractivity contribution is -0.190. The third-order valence-electron chi connectivity index (χ3n) is 9.73. The Morgan fingerprint density at radius 2 is 1.65 bits per heavy atom. The van der Waals surface area contributed by atoms with E-state index in [1.807, 2.05) is 20.8 Å². The van der Waals surface area contributed by atoms with Gasteiger partial charge in [0.1, 0.15) is 24.9 Å². The van der Waals surface area contributed by atoms with Gasteiger partial charge in [-0.3, -0.25) is 24.0 Å². The SMILES string of the molecule is CC(=O)OCCOC(=O)N(Cc1cc(N(C)C)c2c(c1O)C(=O)C1C(=O)[C@@]3(O)C(=O)C(C(N)=O)C(O)[C@H](N(C)C)[C@H]3C[C@H]1C2)CC(C)(C)C. The number of hydrogen-bond donors (Lipinski definition) is 4. The van der Waals surface area contributed by atoms with Gasteiger partial charge in [-0.15, -0.1) is 0 Å². The zero-order chi connectivity index (χ0) is 36.9. The molecule has 0 spiro atoms. The van der Waals surface area contributed by atoms with Crippen LogP contribution in [0.25, 0.3) is 0 Å². The molecule has 0 heterocycles. The van der Waals surface area contributed by atoms with Gasteiger partial charge in [-0.1, -0.05) is 20.8 Å². The molecule has 0 aromatic heterocycles. The highest BCUT2D eigenvalue weighted by Crippen LogP contribution is 2.53. The molecule has 49 heavy (non-hydrogen) atoms. The molecule has 15 nitrogen and oxygen atoms in total. The Labute approximate surface area is 285 Å². The number of nitrogens with zero attached hydrogens (tertiary/aromatic N) is 3. The number of aliphatic hydroxyl groups is 2. The second-order valence-electron chi connectivity index (χ2n) is 15.0. The van der Waals surface area contributed by atoms with Crippen LogP contribution in [0.3, 0.4) is 0 Å². The highest BCUT2D eigenvalue weighted by Gasteiger charge is 2.69. The molecule has 0 aliphatic heterocycles. The van der Waals surface area contributed by atoms with Gasteiger partial charge in [0.15, 0.2) is 23.0 Å². The number of amides is 2. The fraction of sp³-hybridized carbons (Fsp3) is 0.647. The summed E-state index contributed by atoms with van der Waals surface area (Å²) in [6.45, 7) is 6.57. The Morgan fingerprint density at radius 1 is 1.04 bits per heavy atom. The van der Waals surface area contributed by atoms with Crippen LogP contribution < -0.4 is 10.6 Å². The molecule has 1 aromatic rings. The van der Waals surface area contributed by atoms with Crippen molar-refractivity contribution in [3.63, 3.8) is 0 Å². The van der Waals surface area contributed by atoms with Crippen LogP contribution >= 0.6 is 0 Å². The fourth-order valence-corrected chi connectivity index (χ4v) is 7.81. The maximum atomic E-state index is 14.4. The second kappa shape index (κ2) is 13.7. The number of nitrogens with two attached hydrogens (primary N) is 1. The molecule has 4 rings (SSSR count). The van der Waals surface area contributed by atoms with E-state index in [1.54, 1.807) is 39.2 Å². The Kier molecular flexibility index (Phi) is 10.5. The zero-order valence-electron chi connectivity index (χ0n) is 29.3. The standard InChI is InChI=1S/C34H48N4O11/c1-16(39)48-9-10-49-32(46)38(15-33(2,3)4)14-18-13-21(36(5)6)19-11-17-12-20-25(37(7)8)28(42)24(31(35)45)30(44)34(20,47)29(43)22(17)27(41)23(19)26(18)40/h13,17,20,22,24-25,28,40,42,47H,9-12,14-15H2,1-8H3,(H2,35,45)/t17-,20-,22?,24?,25-,28?,34-/m1/s1. The first-order valence-electron chi connectivity index (χ1n) is 16.2. The number of rotatable bonds is 9. The first-order chi connectivity index (χ1) is 22.6. The van der Waals surface area contributed by atoms with Gasteiger partial charge >= 0.3 is 12.1 Å². The number of primary amides is 1. The number of aromatic hydroxyl groups is 1. The summed E-state index contributed by atoms with van der Waals surface area (Å²) < 4.78 is 10.2. The van der Waals surface area contributed by atoms with Crippen LogP contribution in [0.2, 0.25) is 0 Å². The number of esters is 1. The predicted octanol–water partition coefficient (Wildman–Crippen LogP) is 0.273. The molecule has 2 amide bonds. The molecule has 7 atom stereocenters. The van der Waals surface area contributed by atoms with Crippen molar-refractivity contribution in [2.75, 3.05) is 52.8 Å². The minimum Gasteiger partial charge on any atom is -0.507 e. The third kappa shape index (κ3) is 6.88. The average Bonchev–Trinajstić information content (AvgIpc) is 2.96. The molecule has 15 heteroatoms. The average molecular weight is 689 g/mol. The second-order valence-corrected chi connectivity index (χ2v) is 15.0. The minimum absolute atomic E-state index is 0.0108. The van der Waals surface area contributed by atoms with Crippen LogP contribution in [0.15, 0.2) is 6.07 Å². The zero-order valence-corrected chi connectivity index (χ0v) is 29.3. The van der Waals surface area contributed by atoms with Crippen molar-refractivity contribution in [1.29, 1.82) is 0 Å². The predicted molar refractivity (Wildman–Crippen MR) is 175 cm³/mol. The summed E-state index contributed by atoms with van der Waals surface area (Å²) in [5, 5.41) is 34.7. The van der Waals surface area contributed by atoms with E-state index < -0.39 is 87.9 Å². The highest BCUT2D eigenvalue weighted by atomic mass is 16.6. The first kappa shape index (κ1) is 37.7. The Balaban J connectivity index is 1.78. The van der Waals surface area contributed by atoms with Gasteiger partial charge in [0, 0.05) is 50.8 Å². The van der Waals surface area contributed by atoms with E-state index >= 15 is 0 Å². The van der Waals surface area contributed by atoms with Gasteiger partial charge in [0.2, 0.25) is 5.91 Å². The van der Waals surface area contributed by atoms with Gasteiger partial charge in [-0.05, 0) is 49.9 Å². The van der Waals surface area contributed by atoms with E-state index in [0.717, 1.165) is 0 Å². The number of ether oxygens (including phenoxy) is 2. The number of carbonyl (C=O) groups excluding carboxylic acids is 6. The highest BCUT2D eigenvalue weighted by molar-refractivity contribution is 6.25. The number of fused-ring (bicyclic) bond motifs is 3. The van der Waals surface area contributed by atoms with Gasteiger partial charge in [-0.2, -0.15) is 0 Å². The monoisotopic (exact) mass is 688 g/mol. The van der Waals surface area contributed by atoms with Crippen LogP contribution in [0.5, 0.6) is 5.75 Å². The van der Waals surface area contributed by atoms with Gasteiger partial charge in [0.25, 0.3) is 0 Å². The van der Waals surface area contributed by atoms with Crippen molar-refractivity contribution >= 4 is 41.0 Å². The Morgan fingerprint density at radius 3 is 2.18 bits per heavy atom. The van der Waals surface area contributed by atoms with E-state index in [1.165, 1.54) is 16.7 Å². The summed E-state index contributed by atoms with van der Waals surface area (Å²) in [6.07, 6.45) is -2.22. The Bertz CT molecular complexity index is 1550. The molecule has 1 aromatic carbocycles. The lowest BCUT2D eigenvalue weighted by Crippen LogP contribution is -2.75. The lowest BCUT2D eigenvalue weighted by atomic mass is 9.52. The summed E-state index contributed by atoms with van der Waals surface area (Å²) >= 11 is 0. The number of Topliss-reactive ketones (excluding diaryl/α,β-unsaturated/α-hetero) is 3. The maximum absolute atomic E-state index is 14.4.